The fourth-order valence-electron chi connectivity index (χ4n) is 3.71. The lowest BCUT2D eigenvalue weighted by Crippen LogP contribution is -2.10. The molecule has 0 aliphatic heterocycles. The van der Waals surface area contributed by atoms with E-state index in [1.54, 1.807) is 6.07 Å². The van der Waals surface area contributed by atoms with Crippen LogP contribution in [0.3, 0.4) is 0 Å². The Hall–Kier alpha value is -2.95. The molecule has 1 heterocycles. The zero-order chi connectivity index (χ0) is 21.3. The van der Waals surface area contributed by atoms with Gasteiger partial charge in [-0.05, 0) is 47.5 Å². The van der Waals surface area contributed by atoms with Crippen LogP contribution in [0.2, 0.25) is 10.0 Å². The van der Waals surface area contributed by atoms with Crippen molar-refractivity contribution in [1.29, 1.82) is 0 Å². The summed E-state index contributed by atoms with van der Waals surface area (Å²) in [7, 11) is 1.96. The number of anilines is 2. The first-order valence-corrected chi connectivity index (χ1v) is 10.2. The van der Waals surface area contributed by atoms with Crippen LogP contribution in [0.5, 0.6) is 0 Å². The van der Waals surface area contributed by atoms with Gasteiger partial charge >= 0.3 is 5.97 Å². The molecule has 0 aliphatic rings. The van der Waals surface area contributed by atoms with Gasteiger partial charge in [0, 0.05) is 41.4 Å². The maximum Gasteiger partial charge on any atom is 0.307 e. The molecule has 0 unspecified atom stereocenters. The highest BCUT2D eigenvalue weighted by Crippen LogP contribution is 2.33. The Labute approximate surface area is 184 Å². The van der Waals surface area contributed by atoms with Crippen molar-refractivity contribution < 1.29 is 9.90 Å². The summed E-state index contributed by atoms with van der Waals surface area (Å²) in [5, 5.41) is 11.4. The second-order valence-electron chi connectivity index (χ2n) is 7.19. The average molecular weight is 439 g/mol. The Morgan fingerprint density at radius 2 is 1.83 bits per heavy atom. The van der Waals surface area contributed by atoms with Gasteiger partial charge in [-0.3, -0.25) is 4.79 Å². The molecule has 0 radical (unpaired) electrons. The van der Waals surface area contributed by atoms with Crippen LogP contribution in [0.1, 0.15) is 11.1 Å². The largest absolute Gasteiger partial charge is 0.481 e. The number of aromatic nitrogens is 1. The van der Waals surface area contributed by atoms with Crippen molar-refractivity contribution in [2.75, 3.05) is 11.9 Å². The number of halogens is 2. The molecule has 0 atom stereocenters. The van der Waals surface area contributed by atoms with Crippen LogP contribution in [0.4, 0.5) is 11.4 Å². The van der Waals surface area contributed by atoms with Crippen LogP contribution in [0, 0.1) is 0 Å². The van der Waals surface area contributed by atoms with Crippen molar-refractivity contribution in [3.05, 3.63) is 94.1 Å². The number of carboxylic acids is 1. The van der Waals surface area contributed by atoms with Crippen molar-refractivity contribution in [1.82, 2.24) is 4.57 Å². The minimum atomic E-state index is -0.832. The number of hydrogen-bond donors (Lipinski definition) is 1. The van der Waals surface area contributed by atoms with E-state index >= 15 is 0 Å². The molecule has 0 spiro atoms. The van der Waals surface area contributed by atoms with Gasteiger partial charge in [0.2, 0.25) is 0 Å². The molecule has 0 amide bonds. The van der Waals surface area contributed by atoms with Gasteiger partial charge < -0.3 is 14.6 Å². The normalized spacial score (nSPS) is 11.0. The van der Waals surface area contributed by atoms with Gasteiger partial charge in [-0.2, -0.15) is 0 Å². The third kappa shape index (κ3) is 4.16. The van der Waals surface area contributed by atoms with E-state index in [1.807, 2.05) is 66.7 Å². The Bertz CT molecular complexity index is 1230. The Morgan fingerprint density at radius 3 is 2.60 bits per heavy atom. The second kappa shape index (κ2) is 8.42. The van der Waals surface area contributed by atoms with Crippen molar-refractivity contribution in [2.45, 2.75) is 13.0 Å². The number of benzene rings is 3. The van der Waals surface area contributed by atoms with E-state index in [-0.39, 0.29) is 6.42 Å². The average Bonchev–Trinajstić information content (AvgIpc) is 3.04. The summed E-state index contributed by atoms with van der Waals surface area (Å²) in [5.41, 5.74) is 4.81. The predicted octanol–water partition coefficient (Wildman–Crippen LogP) is 6.39. The van der Waals surface area contributed by atoms with Crippen molar-refractivity contribution >= 4 is 51.4 Å². The first kappa shape index (κ1) is 20.3. The molecule has 152 valence electrons. The van der Waals surface area contributed by atoms with Crippen LogP contribution < -0.4 is 4.90 Å². The molecule has 1 N–H and O–H groups in total. The summed E-state index contributed by atoms with van der Waals surface area (Å²) in [6, 6.07) is 21.5. The lowest BCUT2D eigenvalue weighted by molar-refractivity contribution is -0.136. The topological polar surface area (TPSA) is 45.5 Å². The number of fused-ring (bicyclic) bond motifs is 1. The summed E-state index contributed by atoms with van der Waals surface area (Å²) >= 11 is 12.4. The molecular formula is C24H20Cl2N2O2. The van der Waals surface area contributed by atoms with E-state index in [2.05, 4.69) is 16.7 Å². The maximum atomic E-state index is 11.2. The summed E-state index contributed by atoms with van der Waals surface area (Å²) in [4.78, 5) is 13.3. The Morgan fingerprint density at radius 1 is 1.03 bits per heavy atom. The molecule has 0 saturated carbocycles. The highest BCUT2D eigenvalue weighted by molar-refractivity contribution is 6.36. The van der Waals surface area contributed by atoms with Gasteiger partial charge in [0.15, 0.2) is 0 Å². The van der Waals surface area contributed by atoms with Crippen LogP contribution in [-0.2, 0) is 17.8 Å². The molecule has 30 heavy (non-hydrogen) atoms. The van der Waals surface area contributed by atoms with Gasteiger partial charge in [-0.25, -0.2) is 0 Å². The van der Waals surface area contributed by atoms with Crippen LogP contribution >= 0.6 is 23.2 Å². The molecule has 6 heteroatoms. The Balaban J connectivity index is 1.66. The van der Waals surface area contributed by atoms with E-state index < -0.39 is 5.97 Å². The monoisotopic (exact) mass is 438 g/mol. The van der Waals surface area contributed by atoms with Crippen molar-refractivity contribution in [3.8, 4) is 0 Å². The summed E-state index contributed by atoms with van der Waals surface area (Å²) in [6.07, 6.45) is 1.94. The smallest absolute Gasteiger partial charge is 0.307 e. The van der Waals surface area contributed by atoms with Crippen LogP contribution in [0.15, 0.2) is 72.9 Å². The number of carbonyl (C=O) groups is 1. The second-order valence-corrected chi connectivity index (χ2v) is 8.04. The first-order chi connectivity index (χ1) is 14.4. The summed E-state index contributed by atoms with van der Waals surface area (Å²) in [6.45, 7) is 0.635. The number of carboxylic acid groups (broad SMARTS) is 1. The van der Waals surface area contributed by atoms with Crippen LogP contribution in [0.25, 0.3) is 10.9 Å². The van der Waals surface area contributed by atoms with Gasteiger partial charge in [0.25, 0.3) is 0 Å². The van der Waals surface area contributed by atoms with E-state index in [0.717, 1.165) is 33.4 Å². The fraction of sp³-hybridized carbons (Fsp3) is 0.125. The third-order valence-electron chi connectivity index (χ3n) is 5.13. The molecule has 4 aromatic rings. The van der Waals surface area contributed by atoms with Crippen LogP contribution in [-0.4, -0.2) is 22.7 Å². The third-order valence-corrected chi connectivity index (χ3v) is 5.67. The number of para-hydroxylation sites is 1. The highest BCUT2D eigenvalue weighted by Gasteiger charge is 2.13. The lowest BCUT2D eigenvalue weighted by atomic mass is 10.1. The van der Waals surface area contributed by atoms with Gasteiger partial charge in [0.1, 0.15) is 0 Å². The molecule has 0 fully saturated rings. The fourth-order valence-corrected chi connectivity index (χ4v) is 4.25. The van der Waals surface area contributed by atoms with Gasteiger partial charge in [0.05, 0.1) is 17.1 Å². The van der Waals surface area contributed by atoms with Crippen molar-refractivity contribution in [3.63, 3.8) is 0 Å². The van der Waals surface area contributed by atoms with Gasteiger partial charge in [-0.1, -0.05) is 53.5 Å². The maximum absolute atomic E-state index is 11.2. The predicted molar refractivity (Wildman–Crippen MR) is 123 cm³/mol. The number of rotatable bonds is 6. The van der Waals surface area contributed by atoms with E-state index in [4.69, 9.17) is 23.2 Å². The SMILES string of the molecule is CN(c1cccc(Cn2cc(CC(=O)O)c3ccccc32)c1)c1ccc(Cl)cc1Cl. The lowest BCUT2D eigenvalue weighted by Gasteiger charge is -2.21. The van der Waals surface area contributed by atoms with E-state index in [9.17, 15) is 9.90 Å². The standard InChI is InChI=1S/C24H20Cl2N2O2/c1-27(23-10-9-18(25)13-21(23)26)19-6-4-5-16(11-19)14-28-15-17(12-24(29)30)20-7-2-3-8-22(20)28/h2-11,13,15H,12,14H2,1H3,(H,29,30). The molecule has 0 bridgehead atoms. The highest BCUT2D eigenvalue weighted by atomic mass is 35.5. The Kier molecular flexibility index (Phi) is 5.71. The summed E-state index contributed by atoms with van der Waals surface area (Å²) in [5.74, 6) is -0.832. The molecule has 4 rings (SSSR count). The first-order valence-electron chi connectivity index (χ1n) is 9.48. The molecule has 0 aliphatic carbocycles. The molecular weight excluding hydrogens is 419 g/mol. The quantitative estimate of drug-likeness (QED) is 0.379. The zero-order valence-electron chi connectivity index (χ0n) is 16.3. The van der Waals surface area contributed by atoms with E-state index in [0.29, 0.717) is 16.6 Å². The van der Waals surface area contributed by atoms with Gasteiger partial charge in [-0.15, -0.1) is 0 Å². The minimum absolute atomic E-state index is 0.00531. The minimum Gasteiger partial charge on any atom is -0.481 e. The summed E-state index contributed by atoms with van der Waals surface area (Å²) < 4.78 is 2.10. The van der Waals surface area contributed by atoms with E-state index in [1.165, 1.54) is 0 Å². The number of aliphatic carboxylic acids is 1. The zero-order valence-corrected chi connectivity index (χ0v) is 17.9. The molecule has 1 aromatic heterocycles. The van der Waals surface area contributed by atoms with Crippen molar-refractivity contribution in [2.24, 2.45) is 0 Å². The molecule has 0 saturated heterocycles. The number of hydrogen-bond acceptors (Lipinski definition) is 2. The number of nitrogens with zero attached hydrogens (tertiary/aromatic N) is 2. The molecule has 4 nitrogen and oxygen atoms in total. The molecule has 3 aromatic carbocycles.